The molecule has 0 spiro atoms. The fourth-order valence-corrected chi connectivity index (χ4v) is 1.95. The van der Waals surface area contributed by atoms with Crippen LogP contribution in [-0.2, 0) is 10.2 Å². The quantitative estimate of drug-likeness (QED) is 0.916. The Kier molecular flexibility index (Phi) is 4.79. The van der Waals surface area contributed by atoms with Crippen LogP contribution in [-0.4, -0.2) is 17.7 Å². The van der Waals surface area contributed by atoms with Crippen molar-refractivity contribution in [3.63, 3.8) is 0 Å². The van der Waals surface area contributed by atoms with Crippen LogP contribution >= 0.6 is 15.9 Å². The average molecular weight is 315 g/mol. The topological polar surface area (TPSA) is 46.5 Å². The van der Waals surface area contributed by atoms with Gasteiger partial charge in [-0.2, -0.15) is 0 Å². The van der Waals surface area contributed by atoms with Gasteiger partial charge in [-0.05, 0) is 30.0 Å². The number of aryl methyl sites for hydroxylation is 1. The van der Waals surface area contributed by atoms with Crippen molar-refractivity contribution in [1.29, 1.82) is 0 Å². The molecule has 0 amide bonds. The minimum atomic E-state index is -0.846. The molecule has 1 aromatic carbocycles. The monoisotopic (exact) mass is 314 g/mol. The second-order valence-corrected chi connectivity index (χ2v) is 6.19. The summed E-state index contributed by atoms with van der Waals surface area (Å²) in [7, 11) is 0. The number of hydrogen-bond donors (Lipinski definition) is 1. The number of hydrogen-bond acceptors (Lipinski definition) is 2. The van der Waals surface area contributed by atoms with Gasteiger partial charge in [0.2, 0.25) is 0 Å². The zero-order chi connectivity index (χ0) is 13.9. The van der Waals surface area contributed by atoms with E-state index in [2.05, 4.69) is 36.7 Å². The maximum atomic E-state index is 10.5. The number of carboxylic acid groups (broad SMARTS) is 1. The Bertz CT molecular complexity index is 447. The summed E-state index contributed by atoms with van der Waals surface area (Å²) in [6.07, 6.45) is 0.0126. The smallest absolute Gasteiger partial charge is 0.306 e. The van der Waals surface area contributed by atoms with Gasteiger partial charge in [0.25, 0.3) is 0 Å². The van der Waals surface area contributed by atoms with Gasteiger partial charge in [0.05, 0.1) is 13.0 Å². The first kappa shape index (κ1) is 15.0. The Morgan fingerprint density at radius 3 is 2.50 bits per heavy atom. The molecule has 0 heterocycles. The molecule has 1 N–H and O–H groups in total. The summed E-state index contributed by atoms with van der Waals surface area (Å²) in [4.78, 5) is 10.5. The van der Waals surface area contributed by atoms with Gasteiger partial charge in [0, 0.05) is 10.0 Å². The summed E-state index contributed by atoms with van der Waals surface area (Å²) in [5.74, 6) is -0.0782. The Labute approximate surface area is 116 Å². The minimum Gasteiger partial charge on any atom is -0.493 e. The number of ether oxygens (including phenoxy) is 1. The van der Waals surface area contributed by atoms with Gasteiger partial charge in [0.15, 0.2) is 0 Å². The van der Waals surface area contributed by atoms with Crippen molar-refractivity contribution in [3.8, 4) is 5.75 Å². The van der Waals surface area contributed by atoms with Crippen molar-refractivity contribution in [3.05, 3.63) is 27.7 Å². The van der Waals surface area contributed by atoms with Gasteiger partial charge in [-0.3, -0.25) is 4.79 Å². The summed E-state index contributed by atoms with van der Waals surface area (Å²) in [6, 6.07) is 4.00. The predicted octanol–water partition coefficient (Wildman–Crippen LogP) is 3.91. The second kappa shape index (κ2) is 5.74. The van der Waals surface area contributed by atoms with Gasteiger partial charge >= 0.3 is 5.97 Å². The van der Waals surface area contributed by atoms with Crippen LogP contribution in [0, 0.1) is 6.92 Å². The van der Waals surface area contributed by atoms with Crippen molar-refractivity contribution >= 4 is 21.9 Å². The van der Waals surface area contributed by atoms with Crippen molar-refractivity contribution in [1.82, 2.24) is 0 Å². The maximum absolute atomic E-state index is 10.5. The SMILES string of the molecule is Cc1cc(OCCC(=O)O)c(C(C)(C)C)cc1Br. The number of carbonyl (C=O) groups is 1. The van der Waals surface area contributed by atoms with E-state index >= 15 is 0 Å². The van der Waals surface area contributed by atoms with E-state index in [0.29, 0.717) is 0 Å². The summed E-state index contributed by atoms with van der Waals surface area (Å²) in [6.45, 7) is 8.50. The normalized spacial score (nSPS) is 11.4. The van der Waals surface area contributed by atoms with Crippen LogP contribution in [0.1, 0.15) is 38.3 Å². The molecule has 0 saturated heterocycles. The average Bonchev–Trinajstić information content (AvgIpc) is 2.20. The lowest BCUT2D eigenvalue weighted by atomic mass is 9.86. The predicted molar refractivity (Wildman–Crippen MR) is 75.3 cm³/mol. The molecule has 3 nitrogen and oxygen atoms in total. The first-order valence-electron chi connectivity index (χ1n) is 5.87. The summed E-state index contributed by atoms with van der Waals surface area (Å²) in [5, 5.41) is 8.63. The Hall–Kier alpha value is -1.03. The van der Waals surface area contributed by atoms with Crippen LogP contribution < -0.4 is 4.74 Å². The highest BCUT2D eigenvalue weighted by Crippen LogP contribution is 2.35. The Balaban J connectivity index is 3.01. The molecule has 0 aliphatic carbocycles. The second-order valence-electron chi connectivity index (χ2n) is 5.34. The van der Waals surface area contributed by atoms with Crippen LogP contribution in [0.25, 0.3) is 0 Å². The lowest BCUT2D eigenvalue weighted by molar-refractivity contribution is -0.137. The largest absolute Gasteiger partial charge is 0.493 e. The Morgan fingerprint density at radius 1 is 1.39 bits per heavy atom. The number of halogens is 1. The van der Waals surface area contributed by atoms with Crippen molar-refractivity contribution in [2.45, 2.75) is 39.5 Å². The molecule has 100 valence electrons. The highest BCUT2D eigenvalue weighted by Gasteiger charge is 2.20. The standard InChI is InChI=1S/C14H19BrO3/c1-9-7-12(18-6-5-13(16)17)10(8-11(9)15)14(2,3)4/h7-8H,5-6H2,1-4H3,(H,16,17). The van der Waals surface area contributed by atoms with E-state index in [1.54, 1.807) is 0 Å². The molecule has 4 heteroatoms. The van der Waals surface area contributed by atoms with E-state index in [1.807, 2.05) is 19.1 Å². The zero-order valence-electron chi connectivity index (χ0n) is 11.2. The maximum Gasteiger partial charge on any atom is 0.306 e. The molecule has 0 bridgehead atoms. The van der Waals surface area contributed by atoms with Gasteiger partial charge < -0.3 is 9.84 Å². The molecule has 0 unspecified atom stereocenters. The van der Waals surface area contributed by atoms with Crippen LogP contribution in [0.15, 0.2) is 16.6 Å². The van der Waals surface area contributed by atoms with Crippen LogP contribution in [0.3, 0.4) is 0 Å². The molecule has 0 radical (unpaired) electrons. The third-order valence-electron chi connectivity index (χ3n) is 2.64. The molecule has 0 saturated carbocycles. The van der Waals surface area contributed by atoms with E-state index in [4.69, 9.17) is 9.84 Å². The first-order chi connectivity index (χ1) is 8.21. The first-order valence-corrected chi connectivity index (χ1v) is 6.66. The third kappa shape index (κ3) is 4.02. The van der Waals surface area contributed by atoms with E-state index in [-0.39, 0.29) is 18.4 Å². The lowest BCUT2D eigenvalue weighted by Crippen LogP contribution is -2.15. The van der Waals surface area contributed by atoms with E-state index in [0.717, 1.165) is 21.3 Å². The summed E-state index contributed by atoms with van der Waals surface area (Å²) >= 11 is 3.51. The lowest BCUT2D eigenvalue weighted by Gasteiger charge is -2.24. The molecule has 0 fully saturated rings. The summed E-state index contributed by atoms with van der Waals surface area (Å²) in [5.41, 5.74) is 2.10. The molecule has 0 atom stereocenters. The number of rotatable bonds is 4. The molecule has 0 aliphatic rings. The zero-order valence-corrected chi connectivity index (χ0v) is 12.8. The molecular formula is C14H19BrO3. The third-order valence-corrected chi connectivity index (χ3v) is 3.50. The van der Waals surface area contributed by atoms with Crippen molar-refractivity contribution in [2.75, 3.05) is 6.61 Å². The van der Waals surface area contributed by atoms with Crippen molar-refractivity contribution in [2.24, 2.45) is 0 Å². The minimum absolute atomic E-state index is 0.0126. The highest BCUT2D eigenvalue weighted by molar-refractivity contribution is 9.10. The fourth-order valence-electron chi connectivity index (χ4n) is 1.61. The number of benzene rings is 1. The van der Waals surface area contributed by atoms with Gasteiger partial charge in [-0.25, -0.2) is 0 Å². The van der Waals surface area contributed by atoms with Gasteiger partial charge in [-0.1, -0.05) is 36.7 Å². The highest BCUT2D eigenvalue weighted by atomic mass is 79.9. The molecule has 0 aromatic heterocycles. The fraction of sp³-hybridized carbons (Fsp3) is 0.500. The van der Waals surface area contributed by atoms with Gasteiger partial charge in [-0.15, -0.1) is 0 Å². The Morgan fingerprint density at radius 2 is 2.00 bits per heavy atom. The molecule has 1 rings (SSSR count). The molecular weight excluding hydrogens is 296 g/mol. The molecule has 18 heavy (non-hydrogen) atoms. The summed E-state index contributed by atoms with van der Waals surface area (Å²) < 4.78 is 6.65. The number of carboxylic acids is 1. The van der Waals surface area contributed by atoms with E-state index < -0.39 is 5.97 Å². The van der Waals surface area contributed by atoms with Crippen LogP contribution in [0.2, 0.25) is 0 Å². The van der Waals surface area contributed by atoms with Crippen LogP contribution in [0.4, 0.5) is 0 Å². The molecule has 0 aliphatic heterocycles. The van der Waals surface area contributed by atoms with E-state index in [9.17, 15) is 4.79 Å². The van der Waals surface area contributed by atoms with Crippen molar-refractivity contribution < 1.29 is 14.6 Å². The van der Waals surface area contributed by atoms with E-state index in [1.165, 1.54) is 0 Å². The van der Waals surface area contributed by atoms with Crippen LogP contribution in [0.5, 0.6) is 5.75 Å². The van der Waals surface area contributed by atoms with Gasteiger partial charge in [0.1, 0.15) is 5.75 Å². The molecule has 1 aromatic rings. The number of aliphatic carboxylic acids is 1.